The smallest absolute Gasteiger partial charge is 0.131 e. The fraction of sp³-hybridized carbons (Fsp3) is 0.438. The molecule has 122 valence electrons. The number of nitrogens with zero attached hydrogens (tertiary/aromatic N) is 1. The van der Waals surface area contributed by atoms with Gasteiger partial charge in [-0.25, -0.2) is 8.78 Å². The summed E-state index contributed by atoms with van der Waals surface area (Å²) in [6.45, 7) is 7.92. The maximum Gasteiger partial charge on any atom is 0.131 e. The molecule has 0 amide bonds. The van der Waals surface area contributed by atoms with Gasteiger partial charge < -0.3 is 5.73 Å². The van der Waals surface area contributed by atoms with Gasteiger partial charge in [-0.15, -0.1) is 0 Å². The second kappa shape index (κ2) is 7.74. The highest BCUT2D eigenvalue weighted by Crippen LogP contribution is 2.28. The molecule has 1 unspecified atom stereocenters. The number of hydrogen-bond acceptors (Lipinski definition) is 4. The van der Waals surface area contributed by atoms with Crippen LogP contribution in [0.4, 0.5) is 8.78 Å². The molecule has 1 aromatic rings. The van der Waals surface area contributed by atoms with Gasteiger partial charge in [0.2, 0.25) is 0 Å². The number of nitrogens with two attached hydrogens (primary N) is 1. The Bertz CT molecular complexity index is 577. The molecule has 1 rings (SSSR count). The van der Waals surface area contributed by atoms with Crippen LogP contribution in [0.5, 0.6) is 0 Å². The Kier molecular flexibility index (Phi) is 6.56. The highest BCUT2D eigenvalue weighted by Gasteiger charge is 2.19. The van der Waals surface area contributed by atoms with E-state index in [4.69, 9.17) is 5.73 Å². The summed E-state index contributed by atoms with van der Waals surface area (Å²) in [6, 6.07) is 2.04. The van der Waals surface area contributed by atoms with Crippen molar-refractivity contribution in [1.29, 1.82) is 0 Å². The van der Waals surface area contributed by atoms with Crippen LogP contribution in [-0.2, 0) is 0 Å². The van der Waals surface area contributed by atoms with Crippen LogP contribution in [0.1, 0.15) is 44.9 Å². The number of nitrogens with one attached hydrogen (secondary N) is 1. The third kappa shape index (κ3) is 5.10. The second-order valence-electron chi connectivity index (χ2n) is 5.92. The second-order valence-corrected chi connectivity index (χ2v) is 7.58. The van der Waals surface area contributed by atoms with Crippen molar-refractivity contribution in [2.45, 2.75) is 38.5 Å². The molecule has 0 spiro atoms. The van der Waals surface area contributed by atoms with Crippen molar-refractivity contribution in [3.05, 3.63) is 41.1 Å². The van der Waals surface area contributed by atoms with Crippen molar-refractivity contribution < 1.29 is 8.78 Å². The first-order valence-electron chi connectivity index (χ1n) is 6.96. The zero-order valence-electron chi connectivity index (χ0n) is 13.6. The van der Waals surface area contributed by atoms with Crippen molar-refractivity contribution in [1.82, 2.24) is 4.72 Å². The van der Waals surface area contributed by atoms with Gasteiger partial charge in [0.1, 0.15) is 11.6 Å². The fourth-order valence-electron chi connectivity index (χ4n) is 1.79. The Balaban J connectivity index is 3.08. The fourth-order valence-corrected chi connectivity index (χ4v) is 2.44. The van der Waals surface area contributed by atoms with E-state index in [1.165, 1.54) is 30.4 Å². The highest BCUT2D eigenvalue weighted by molar-refractivity contribution is 7.98. The first-order chi connectivity index (χ1) is 10.2. The molecule has 0 aliphatic carbocycles. The van der Waals surface area contributed by atoms with Crippen LogP contribution < -0.4 is 10.5 Å². The summed E-state index contributed by atoms with van der Waals surface area (Å²) in [4.78, 5) is 3.79. The molecule has 0 saturated heterocycles. The molecule has 0 aliphatic rings. The lowest BCUT2D eigenvalue weighted by molar-refractivity contribution is 0.562. The lowest BCUT2D eigenvalue weighted by Crippen LogP contribution is -2.20. The van der Waals surface area contributed by atoms with Gasteiger partial charge in [0.05, 0.1) is 0 Å². The van der Waals surface area contributed by atoms with Crippen LogP contribution in [0.15, 0.2) is 23.3 Å². The van der Waals surface area contributed by atoms with Crippen LogP contribution in [0.3, 0.4) is 0 Å². The lowest BCUT2D eigenvalue weighted by Gasteiger charge is -2.22. The number of benzene rings is 1. The van der Waals surface area contributed by atoms with Crippen molar-refractivity contribution >= 4 is 23.7 Å². The molecule has 6 heteroatoms. The van der Waals surface area contributed by atoms with Gasteiger partial charge in [0.25, 0.3) is 0 Å². The van der Waals surface area contributed by atoms with E-state index in [2.05, 4.69) is 9.71 Å². The Morgan fingerprint density at radius 3 is 2.45 bits per heavy atom. The first kappa shape index (κ1) is 18.6. The van der Waals surface area contributed by atoms with E-state index in [0.717, 1.165) is 6.07 Å². The predicted molar refractivity (Wildman–Crippen MR) is 91.8 cm³/mol. The first-order valence-corrected chi connectivity index (χ1v) is 7.78. The molecule has 1 aromatic carbocycles. The molecule has 3 nitrogen and oxygen atoms in total. The van der Waals surface area contributed by atoms with Crippen LogP contribution >= 0.6 is 11.9 Å². The topological polar surface area (TPSA) is 50.4 Å². The summed E-state index contributed by atoms with van der Waals surface area (Å²) in [5.74, 6) is -1.00. The molecule has 0 radical (unpaired) electrons. The van der Waals surface area contributed by atoms with E-state index in [-0.39, 0.29) is 21.9 Å². The molecule has 1 atom stereocenters. The Hall–Kier alpha value is -1.40. The SMILES string of the molecule is CN=CC(=CN)c1cc(F)c(C(C)NSC(C)(C)C)cc1F. The third-order valence-corrected chi connectivity index (χ3v) is 3.94. The maximum absolute atomic E-state index is 14.3. The van der Waals surface area contributed by atoms with Crippen LogP contribution in [-0.4, -0.2) is 18.0 Å². The van der Waals surface area contributed by atoms with Gasteiger partial charge in [-0.1, -0.05) is 11.9 Å². The standard InChI is InChI=1S/C16H23F2N3S/c1-10(21-22-16(2,3)4)12-6-15(18)13(7-14(12)17)11(8-19)9-20-5/h6-10,21H,19H2,1-5H3. The van der Waals surface area contributed by atoms with Crippen LogP contribution in [0, 0.1) is 11.6 Å². The van der Waals surface area contributed by atoms with E-state index in [1.807, 2.05) is 20.8 Å². The summed E-state index contributed by atoms with van der Waals surface area (Å²) in [7, 11) is 1.54. The molecular weight excluding hydrogens is 304 g/mol. The summed E-state index contributed by atoms with van der Waals surface area (Å²) < 4.78 is 31.7. The highest BCUT2D eigenvalue weighted by atomic mass is 32.2. The van der Waals surface area contributed by atoms with Crippen molar-refractivity contribution in [2.24, 2.45) is 10.7 Å². The van der Waals surface area contributed by atoms with Gasteiger partial charge in [-0.3, -0.25) is 9.71 Å². The monoisotopic (exact) mass is 327 g/mol. The van der Waals surface area contributed by atoms with Gasteiger partial charge in [0.15, 0.2) is 0 Å². The molecule has 0 aromatic heterocycles. The molecule has 0 heterocycles. The average Bonchev–Trinajstić information content (AvgIpc) is 2.43. The summed E-state index contributed by atoms with van der Waals surface area (Å²) >= 11 is 1.48. The zero-order chi connectivity index (χ0) is 16.9. The van der Waals surface area contributed by atoms with Crippen molar-refractivity contribution in [2.75, 3.05) is 7.05 Å². The van der Waals surface area contributed by atoms with Crippen molar-refractivity contribution in [3.63, 3.8) is 0 Å². The predicted octanol–water partition coefficient (Wildman–Crippen LogP) is 4.06. The normalized spacial score (nSPS) is 14.6. The quantitative estimate of drug-likeness (QED) is 0.633. The molecule has 22 heavy (non-hydrogen) atoms. The molecule has 0 bridgehead atoms. The van der Waals surface area contributed by atoms with Crippen LogP contribution in [0.25, 0.3) is 5.57 Å². The third-order valence-electron chi connectivity index (χ3n) is 2.85. The zero-order valence-corrected chi connectivity index (χ0v) is 14.4. The average molecular weight is 327 g/mol. The lowest BCUT2D eigenvalue weighted by atomic mass is 10.0. The molecule has 0 saturated carbocycles. The Morgan fingerprint density at radius 1 is 1.32 bits per heavy atom. The molecule has 0 aliphatic heterocycles. The van der Waals surface area contributed by atoms with Gasteiger partial charge >= 0.3 is 0 Å². The maximum atomic E-state index is 14.3. The van der Waals surface area contributed by atoms with Crippen LogP contribution in [0.2, 0.25) is 0 Å². The summed E-state index contributed by atoms with van der Waals surface area (Å²) in [5.41, 5.74) is 6.17. The molecule has 0 fully saturated rings. The number of halogens is 2. The Labute approximate surface area is 135 Å². The van der Waals surface area contributed by atoms with Gasteiger partial charge in [-0.2, -0.15) is 0 Å². The van der Waals surface area contributed by atoms with E-state index < -0.39 is 11.6 Å². The minimum Gasteiger partial charge on any atom is -0.404 e. The largest absolute Gasteiger partial charge is 0.404 e. The van der Waals surface area contributed by atoms with Gasteiger partial charge in [-0.05, 0) is 39.8 Å². The molecular formula is C16H23F2N3S. The minimum atomic E-state index is -0.526. The number of allylic oxidation sites excluding steroid dienone is 1. The number of rotatable bonds is 5. The Morgan fingerprint density at radius 2 is 1.95 bits per heavy atom. The minimum absolute atomic E-state index is 0.0176. The van der Waals surface area contributed by atoms with E-state index in [9.17, 15) is 8.78 Å². The number of aliphatic imine (C=N–C) groups is 1. The van der Waals surface area contributed by atoms with E-state index in [1.54, 1.807) is 14.0 Å². The van der Waals surface area contributed by atoms with E-state index in [0.29, 0.717) is 5.57 Å². The van der Waals surface area contributed by atoms with Gasteiger partial charge in [0, 0.05) is 47.0 Å². The summed E-state index contributed by atoms with van der Waals surface area (Å²) in [5, 5.41) is 0. The van der Waals surface area contributed by atoms with E-state index >= 15 is 0 Å². The number of hydrogen-bond donors (Lipinski definition) is 2. The molecule has 3 N–H and O–H groups in total. The van der Waals surface area contributed by atoms with Crippen molar-refractivity contribution in [3.8, 4) is 0 Å². The summed E-state index contributed by atoms with van der Waals surface area (Å²) in [6.07, 6.45) is 2.61.